The Bertz CT molecular complexity index is 356. The molecule has 1 aliphatic rings. The summed E-state index contributed by atoms with van der Waals surface area (Å²) in [6, 6.07) is 0. The van der Waals surface area contributed by atoms with Gasteiger partial charge in [0.2, 0.25) is 0 Å². The maximum Gasteiger partial charge on any atom is 0.148 e. The van der Waals surface area contributed by atoms with Crippen LogP contribution in [0, 0.1) is 5.92 Å². The third-order valence-electron chi connectivity index (χ3n) is 4.49. The highest BCUT2D eigenvalue weighted by Gasteiger charge is 2.38. The van der Waals surface area contributed by atoms with Gasteiger partial charge in [0.25, 0.3) is 0 Å². The van der Waals surface area contributed by atoms with Gasteiger partial charge in [0.1, 0.15) is 9.84 Å². The summed E-state index contributed by atoms with van der Waals surface area (Å²) in [5.41, 5.74) is 6.02. The van der Waals surface area contributed by atoms with Crippen molar-refractivity contribution in [2.75, 3.05) is 32.1 Å². The molecule has 1 aliphatic carbocycles. The van der Waals surface area contributed by atoms with Crippen molar-refractivity contribution in [3.8, 4) is 0 Å². The first-order chi connectivity index (χ1) is 8.33. The third kappa shape index (κ3) is 4.21. The molecule has 0 aliphatic heterocycles. The Morgan fingerprint density at radius 2 is 2.11 bits per heavy atom. The lowest BCUT2D eigenvalue weighted by atomic mass is 9.74. The van der Waals surface area contributed by atoms with Crippen molar-refractivity contribution >= 4 is 9.84 Å². The fourth-order valence-electron chi connectivity index (χ4n) is 3.04. The van der Waals surface area contributed by atoms with Gasteiger partial charge in [0, 0.05) is 24.9 Å². The molecule has 0 saturated heterocycles. The van der Waals surface area contributed by atoms with Gasteiger partial charge in [0.05, 0.1) is 5.75 Å². The van der Waals surface area contributed by atoms with Crippen LogP contribution in [-0.4, -0.2) is 51.0 Å². The van der Waals surface area contributed by atoms with Crippen molar-refractivity contribution in [2.45, 2.75) is 44.6 Å². The Balaban J connectivity index is 2.68. The Kier molecular flexibility index (Phi) is 5.62. The van der Waals surface area contributed by atoms with E-state index in [0.717, 1.165) is 18.8 Å². The molecule has 1 fully saturated rings. The second kappa shape index (κ2) is 6.35. The zero-order chi connectivity index (χ0) is 13.8. The first kappa shape index (κ1) is 15.9. The van der Waals surface area contributed by atoms with Crippen LogP contribution in [0.2, 0.25) is 0 Å². The number of nitrogens with two attached hydrogens (primary N) is 1. The molecule has 0 amide bonds. The van der Waals surface area contributed by atoms with Gasteiger partial charge in [-0.3, -0.25) is 4.90 Å². The molecule has 0 spiro atoms. The summed E-state index contributed by atoms with van der Waals surface area (Å²) in [6.45, 7) is 3.45. The summed E-state index contributed by atoms with van der Waals surface area (Å²) in [4.78, 5) is 2.19. The number of nitrogens with zero attached hydrogens (tertiary/aromatic N) is 1. The third-order valence-corrected chi connectivity index (χ3v) is 5.41. The molecule has 2 atom stereocenters. The number of likely N-dealkylation sites (N-methyl/N-ethyl adjacent to an activating group) is 1. The SMILES string of the molecule is CCC1CCCC(CN)(N(C)CCS(C)(=O)=O)C1. The normalized spacial score (nSPS) is 29.7. The van der Waals surface area contributed by atoms with Crippen LogP contribution < -0.4 is 5.73 Å². The minimum Gasteiger partial charge on any atom is -0.329 e. The van der Waals surface area contributed by atoms with Gasteiger partial charge in [-0.05, 0) is 25.8 Å². The van der Waals surface area contributed by atoms with Crippen LogP contribution in [0.5, 0.6) is 0 Å². The number of rotatable bonds is 6. The van der Waals surface area contributed by atoms with Gasteiger partial charge in [-0.25, -0.2) is 8.42 Å². The highest BCUT2D eigenvalue weighted by atomic mass is 32.2. The molecule has 4 nitrogen and oxygen atoms in total. The van der Waals surface area contributed by atoms with Gasteiger partial charge in [-0.2, -0.15) is 0 Å². The van der Waals surface area contributed by atoms with E-state index < -0.39 is 9.84 Å². The number of sulfone groups is 1. The van der Waals surface area contributed by atoms with E-state index in [1.165, 1.54) is 25.5 Å². The molecule has 108 valence electrons. The van der Waals surface area contributed by atoms with Crippen LogP contribution in [0.4, 0.5) is 0 Å². The summed E-state index contributed by atoms with van der Waals surface area (Å²) in [5.74, 6) is 0.963. The Labute approximate surface area is 112 Å². The molecule has 0 aromatic rings. The molecule has 0 radical (unpaired) electrons. The van der Waals surface area contributed by atoms with Gasteiger partial charge in [-0.1, -0.05) is 26.2 Å². The van der Waals surface area contributed by atoms with E-state index in [1.807, 2.05) is 7.05 Å². The first-order valence-corrected chi connectivity index (χ1v) is 8.98. The van der Waals surface area contributed by atoms with Crippen LogP contribution in [0.25, 0.3) is 0 Å². The van der Waals surface area contributed by atoms with Crippen LogP contribution in [0.1, 0.15) is 39.0 Å². The van der Waals surface area contributed by atoms with Gasteiger partial charge >= 0.3 is 0 Å². The second-order valence-electron chi connectivity index (χ2n) is 5.85. The summed E-state index contributed by atoms with van der Waals surface area (Å²) < 4.78 is 22.5. The van der Waals surface area contributed by atoms with Gasteiger partial charge < -0.3 is 5.73 Å². The Morgan fingerprint density at radius 3 is 2.61 bits per heavy atom. The van der Waals surface area contributed by atoms with E-state index in [-0.39, 0.29) is 11.3 Å². The molecule has 0 aromatic heterocycles. The van der Waals surface area contributed by atoms with Crippen molar-refractivity contribution in [1.29, 1.82) is 0 Å². The van der Waals surface area contributed by atoms with E-state index in [9.17, 15) is 8.42 Å². The summed E-state index contributed by atoms with van der Waals surface area (Å²) in [5, 5.41) is 0. The average molecular weight is 276 g/mol. The minimum atomic E-state index is -2.89. The molecule has 0 bridgehead atoms. The molecule has 2 N–H and O–H groups in total. The van der Waals surface area contributed by atoms with Crippen LogP contribution in [0.3, 0.4) is 0 Å². The van der Waals surface area contributed by atoms with E-state index >= 15 is 0 Å². The largest absolute Gasteiger partial charge is 0.329 e. The fraction of sp³-hybridized carbons (Fsp3) is 1.00. The fourth-order valence-corrected chi connectivity index (χ4v) is 3.64. The van der Waals surface area contributed by atoms with Crippen molar-refractivity contribution in [3.63, 3.8) is 0 Å². The molecule has 0 heterocycles. The standard InChI is InChI=1S/C13H28N2O2S/c1-4-12-6-5-7-13(10-12,11-14)15(2)8-9-18(3,16)17/h12H,4-11,14H2,1-3H3. The number of hydrogen-bond acceptors (Lipinski definition) is 4. The summed E-state index contributed by atoms with van der Waals surface area (Å²) >= 11 is 0. The average Bonchev–Trinajstić information content (AvgIpc) is 2.34. The first-order valence-electron chi connectivity index (χ1n) is 6.92. The van der Waals surface area contributed by atoms with Crippen LogP contribution in [-0.2, 0) is 9.84 Å². The van der Waals surface area contributed by atoms with E-state index in [2.05, 4.69) is 11.8 Å². The number of hydrogen-bond donors (Lipinski definition) is 1. The van der Waals surface area contributed by atoms with Gasteiger partial charge in [-0.15, -0.1) is 0 Å². The van der Waals surface area contributed by atoms with Crippen LogP contribution in [0.15, 0.2) is 0 Å². The lowest BCUT2D eigenvalue weighted by Crippen LogP contribution is -2.55. The lowest BCUT2D eigenvalue weighted by Gasteiger charge is -2.46. The highest BCUT2D eigenvalue weighted by molar-refractivity contribution is 7.90. The Morgan fingerprint density at radius 1 is 1.44 bits per heavy atom. The molecule has 2 unspecified atom stereocenters. The molecule has 1 saturated carbocycles. The van der Waals surface area contributed by atoms with E-state index in [1.54, 1.807) is 0 Å². The zero-order valence-electron chi connectivity index (χ0n) is 12.0. The van der Waals surface area contributed by atoms with Gasteiger partial charge in [0.15, 0.2) is 0 Å². The molecule has 0 aromatic carbocycles. The van der Waals surface area contributed by atoms with Crippen molar-refractivity contribution < 1.29 is 8.42 Å². The highest BCUT2D eigenvalue weighted by Crippen LogP contribution is 2.37. The topological polar surface area (TPSA) is 63.4 Å². The quantitative estimate of drug-likeness (QED) is 0.793. The van der Waals surface area contributed by atoms with E-state index in [0.29, 0.717) is 13.1 Å². The minimum absolute atomic E-state index is 0.0175. The summed E-state index contributed by atoms with van der Waals surface area (Å²) in [7, 11) is -0.871. The molecule has 1 rings (SSSR count). The summed E-state index contributed by atoms with van der Waals surface area (Å²) in [6.07, 6.45) is 7.20. The molecular weight excluding hydrogens is 248 g/mol. The van der Waals surface area contributed by atoms with Crippen molar-refractivity contribution in [2.24, 2.45) is 11.7 Å². The predicted octanol–water partition coefficient (Wildman–Crippen LogP) is 1.26. The maximum absolute atomic E-state index is 11.3. The molecule has 18 heavy (non-hydrogen) atoms. The Hall–Kier alpha value is -0.130. The lowest BCUT2D eigenvalue weighted by molar-refractivity contribution is 0.0614. The van der Waals surface area contributed by atoms with Crippen LogP contribution >= 0.6 is 0 Å². The predicted molar refractivity (Wildman–Crippen MR) is 76.4 cm³/mol. The zero-order valence-corrected chi connectivity index (χ0v) is 12.8. The van der Waals surface area contributed by atoms with Crippen molar-refractivity contribution in [3.05, 3.63) is 0 Å². The molecule has 5 heteroatoms. The van der Waals surface area contributed by atoms with E-state index in [4.69, 9.17) is 5.73 Å². The second-order valence-corrected chi connectivity index (χ2v) is 8.11. The molecular formula is C13H28N2O2S. The van der Waals surface area contributed by atoms with Crippen molar-refractivity contribution in [1.82, 2.24) is 4.90 Å². The monoisotopic (exact) mass is 276 g/mol. The smallest absolute Gasteiger partial charge is 0.148 e. The maximum atomic E-state index is 11.3.